The lowest BCUT2D eigenvalue weighted by molar-refractivity contribution is -0.145. The van der Waals surface area contributed by atoms with E-state index in [1.807, 2.05) is 6.92 Å². The normalized spacial score (nSPS) is 12.1. The molecule has 0 spiro atoms. The van der Waals surface area contributed by atoms with Crippen molar-refractivity contribution in [3.63, 3.8) is 0 Å². The summed E-state index contributed by atoms with van der Waals surface area (Å²) in [5.41, 5.74) is 0.674. The average molecular weight is 194 g/mol. The van der Waals surface area contributed by atoms with E-state index >= 15 is 0 Å². The molecule has 0 amide bonds. The van der Waals surface area contributed by atoms with Gasteiger partial charge in [0.15, 0.2) is 0 Å². The van der Waals surface area contributed by atoms with E-state index in [2.05, 4.69) is 9.97 Å². The summed E-state index contributed by atoms with van der Waals surface area (Å²) in [5.74, 6) is -0.515. The third kappa shape index (κ3) is 2.52. The molecule has 4 heteroatoms. The molecular weight excluding hydrogens is 180 g/mol. The van der Waals surface area contributed by atoms with Crippen molar-refractivity contribution in [2.24, 2.45) is 0 Å². The summed E-state index contributed by atoms with van der Waals surface area (Å²) < 4.78 is 4.94. The van der Waals surface area contributed by atoms with E-state index < -0.39 is 0 Å². The molecule has 0 aromatic carbocycles. The highest BCUT2D eigenvalue weighted by molar-refractivity contribution is 5.77. The number of hydrogen-bond donors (Lipinski definition) is 0. The fraction of sp³-hybridized carbons (Fsp3) is 0.500. The number of ether oxygens (including phenoxy) is 1. The van der Waals surface area contributed by atoms with Crippen molar-refractivity contribution in [1.29, 1.82) is 0 Å². The van der Waals surface area contributed by atoms with Gasteiger partial charge in [-0.1, -0.05) is 6.92 Å². The number of rotatable bonds is 4. The molecule has 1 heterocycles. The van der Waals surface area contributed by atoms with Crippen LogP contribution < -0.4 is 0 Å². The average Bonchev–Trinajstić information content (AvgIpc) is 2.21. The SMILES string of the molecule is CCOC(=O)C(CC)c1cnccn1. The molecule has 1 unspecified atom stereocenters. The van der Waals surface area contributed by atoms with E-state index in [4.69, 9.17) is 4.74 Å². The second-order valence-electron chi connectivity index (χ2n) is 2.84. The zero-order valence-corrected chi connectivity index (χ0v) is 8.43. The molecule has 0 bridgehead atoms. The lowest BCUT2D eigenvalue weighted by Crippen LogP contribution is -2.16. The minimum absolute atomic E-state index is 0.226. The molecule has 0 aliphatic rings. The zero-order valence-electron chi connectivity index (χ0n) is 8.43. The van der Waals surface area contributed by atoms with Gasteiger partial charge in [0, 0.05) is 18.6 Å². The lowest BCUT2D eigenvalue weighted by atomic mass is 10.0. The molecule has 1 aromatic heterocycles. The van der Waals surface area contributed by atoms with Gasteiger partial charge in [-0.05, 0) is 13.3 Å². The molecule has 1 aromatic rings. The van der Waals surface area contributed by atoms with Gasteiger partial charge >= 0.3 is 5.97 Å². The van der Waals surface area contributed by atoms with Crippen LogP contribution in [0.5, 0.6) is 0 Å². The van der Waals surface area contributed by atoms with Gasteiger partial charge < -0.3 is 4.74 Å². The van der Waals surface area contributed by atoms with Crippen LogP contribution in [0.3, 0.4) is 0 Å². The summed E-state index contributed by atoms with van der Waals surface area (Å²) in [6.45, 7) is 4.12. The van der Waals surface area contributed by atoms with Crippen molar-refractivity contribution in [3.8, 4) is 0 Å². The smallest absolute Gasteiger partial charge is 0.315 e. The van der Waals surface area contributed by atoms with Crippen LogP contribution in [0, 0.1) is 0 Å². The molecule has 76 valence electrons. The molecule has 0 aliphatic carbocycles. The molecule has 0 saturated heterocycles. The third-order valence-corrected chi connectivity index (χ3v) is 1.92. The standard InChI is InChI=1S/C10H14N2O2/c1-3-8(10(13)14-4-2)9-7-11-5-6-12-9/h5-8H,3-4H2,1-2H3. The van der Waals surface area contributed by atoms with Gasteiger partial charge in [-0.25, -0.2) is 0 Å². The Morgan fingerprint density at radius 1 is 1.50 bits per heavy atom. The van der Waals surface area contributed by atoms with Crippen molar-refractivity contribution >= 4 is 5.97 Å². The van der Waals surface area contributed by atoms with Crippen molar-refractivity contribution in [2.45, 2.75) is 26.2 Å². The number of nitrogens with zero attached hydrogens (tertiary/aromatic N) is 2. The topological polar surface area (TPSA) is 52.1 Å². The Morgan fingerprint density at radius 2 is 2.29 bits per heavy atom. The van der Waals surface area contributed by atoms with Gasteiger partial charge in [0.25, 0.3) is 0 Å². The summed E-state index contributed by atoms with van der Waals surface area (Å²) in [7, 11) is 0. The van der Waals surface area contributed by atoms with E-state index in [1.165, 1.54) is 0 Å². The quantitative estimate of drug-likeness (QED) is 0.682. The number of esters is 1. The van der Waals surface area contributed by atoms with Gasteiger partial charge in [-0.15, -0.1) is 0 Å². The molecule has 0 saturated carbocycles. The fourth-order valence-electron chi connectivity index (χ4n) is 1.23. The van der Waals surface area contributed by atoms with Crippen molar-refractivity contribution < 1.29 is 9.53 Å². The maximum atomic E-state index is 11.5. The molecule has 4 nitrogen and oxygen atoms in total. The third-order valence-electron chi connectivity index (χ3n) is 1.92. The van der Waals surface area contributed by atoms with Crippen LogP contribution in [0.1, 0.15) is 31.9 Å². The highest BCUT2D eigenvalue weighted by Crippen LogP contribution is 2.17. The molecule has 0 fully saturated rings. The largest absolute Gasteiger partial charge is 0.465 e. The van der Waals surface area contributed by atoms with Crippen LogP contribution in [0.2, 0.25) is 0 Å². The van der Waals surface area contributed by atoms with Gasteiger partial charge in [-0.2, -0.15) is 0 Å². The molecule has 14 heavy (non-hydrogen) atoms. The Bertz CT molecular complexity index is 287. The Morgan fingerprint density at radius 3 is 2.79 bits per heavy atom. The van der Waals surface area contributed by atoms with Gasteiger partial charge in [0.2, 0.25) is 0 Å². The second kappa shape index (κ2) is 5.32. The molecule has 1 rings (SSSR count). The van der Waals surface area contributed by atoms with Crippen LogP contribution in [0.25, 0.3) is 0 Å². The highest BCUT2D eigenvalue weighted by Gasteiger charge is 2.20. The first kappa shape index (κ1) is 10.6. The maximum absolute atomic E-state index is 11.5. The Kier molecular flexibility index (Phi) is 4.04. The molecule has 0 N–H and O–H groups in total. The predicted octanol–water partition coefficient (Wildman–Crippen LogP) is 1.53. The molecule has 0 aliphatic heterocycles. The summed E-state index contributed by atoms with van der Waals surface area (Å²) >= 11 is 0. The van der Waals surface area contributed by atoms with Gasteiger partial charge in [0.05, 0.1) is 12.3 Å². The van der Waals surface area contributed by atoms with Crippen LogP contribution in [0.15, 0.2) is 18.6 Å². The number of carbonyl (C=O) groups is 1. The summed E-state index contributed by atoms with van der Waals surface area (Å²) in [6.07, 6.45) is 5.45. The van der Waals surface area contributed by atoms with E-state index in [9.17, 15) is 4.79 Å². The van der Waals surface area contributed by atoms with E-state index in [1.54, 1.807) is 25.5 Å². The molecule has 0 radical (unpaired) electrons. The van der Waals surface area contributed by atoms with Gasteiger partial charge in [0.1, 0.15) is 5.92 Å². The summed E-state index contributed by atoms with van der Waals surface area (Å²) in [4.78, 5) is 19.5. The van der Waals surface area contributed by atoms with Crippen molar-refractivity contribution in [1.82, 2.24) is 9.97 Å². The summed E-state index contributed by atoms with van der Waals surface area (Å²) in [6, 6.07) is 0. The van der Waals surface area contributed by atoms with Crippen molar-refractivity contribution in [2.75, 3.05) is 6.61 Å². The molecule has 1 atom stereocenters. The zero-order chi connectivity index (χ0) is 10.4. The van der Waals surface area contributed by atoms with E-state index in [0.717, 1.165) is 0 Å². The van der Waals surface area contributed by atoms with Gasteiger partial charge in [-0.3, -0.25) is 14.8 Å². The second-order valence-corrected chi connectivity index (χ2v) is 2.84. The first-order valence-corrected chi connectivity index (χ1v) is 4.72. The highest BCUT2D eigenvalue weighted by atomic mass is 16.5. The van der Waals surface area contributed by atoms with Crippen LogP contribution in [-0.2, 0) is 9.53 Å². The van der Waals surface area contributed by atoms with Crippen LogP contribution in [0.4, 0.5) is 0 Å². The fourth-order valence-corrected chi connectivity index (χ4v) is 1.23. The number of hydrogen-bond acceptors (Lipinski definition) is 4. The van der Waals surface area contributed by atoms with Crippen molar-refractivity contribution in [3.05, 3.63) is 24.3 Å². The van der Waals surface area contributed by atoms with E-state index in [-0.39, 0.29) is 11.9 Å². The summed E-state index contributed by atoms with van der Waals surface area (Å²) in [5, 5.41) is 0. The lowest BCUT2D eigenvalue weighted by Gasteiger charge is -2.11. The molecular formula is C10H14N2O2. The van der Waals surface area contributed by atoms with Crippen LogP contribution in [-0.4, -0.2) is 22.5 Å². The Balaban J connectivity index is 2.77. The van der Waals surface area contributed by atoms with E-state index in [0.29, 0.717) is 18.7 Å². The number of carbonyl (C=O) groups excluding carboxylic acids is 1. The Labute approximate surface area is 83.3 Å². The predicted molar refractivity (Wildman–Crippen MR) is 51.7 cm³/mol. The minimum atomic E-state index is -0.288. The monoisotopic (exact) mass is 194 g/mol. The first-order valence-electron chi connectivity index (χ1n) is 4.72. The minimum Gasteiger partial charge on any atom is -0.465 e. The van der Waals surface area contributed by atoms with Crippen LogP contribution >= 0.6 is 0 Å². The Hall–Kier alpha value is -1.45. The number of aromatic nitrogens is 2. The maximum Gasteiger partial charge on any atom is 0.315 e. The first-order chi connectivity index (χ1) is 6.79.